The molecule has 3 aromatic rings. The molecule has 0 spiro atoms. The van der Waals surface area contributed by atoms with Crippen LogP contribution in [0.15, 0.2) is 68.3 Å². The van der Waals surface area contributed by atoms with Crippen LogP contribution >= 0.6 is 11.8 Å². The van der Waals surface area contributed by atoms with Crippen LogP contribution in [-0.4, -0.2) is 10.2 Å². The Morgan fingerprint density at radius 2 is 1.74 bits per heavy atom. The van der Waals surface area contributed by atoms with E-state index in [1.54, 1.807) is 12.1 Å². The molecule has 116 valence electrons. The van der Waals surface area contributed by atoms with Crippen LogP contribution in [0.4, 0.5) is 0 Å². The van der Waals surface area contributed by atoms with E-state index in [-0.39, 0.29) is 16.9 Å². The summed E-state index contributed by atoms with van der Waals surface area (Å²) in [6.07, 6.45) is 0. The number of phenolic OH excluding ortho intramolecular Hbond substituents is 2. The summed E-state index contributed by atoms with van der Waals surface area (Å²) in [7, 11) is 0. The van der Waals surface area contributed by atoms with Gasteiger partial charge >= 0.3 is 0 Å². The first kappa shape index (κ1) is 15.2. The number of rotatable bonds is 3. The third-order valence-electron chi connectivity index (χ3n) is 3.27. The van der Waals surface area contributed by atoms with Crippen molar-refractivity contribution in [2.45, 2.75) is 12.0 Å². The average molecular weight is 326 g/mol. The second kappa shape index (κ2) is 5.85. The fraction of sp³-hybridized carbons (Fsp3) is 0.0556. The molecule has 3 rings (SSSR count). The molecule has 4 nitrogen and oxygen atoms in total. The minimum Gasteiger partial charge on any atom is -0.508 e. The minimum atomic E-state index is -0.194. The third kappa shape index (κ3) is 2.96. The van der Waals surface area contributed by atoms with Crippen LogP contribution in [0.25, 0.3) is 22.1 Å². The Bertz CT molecular complexity index is 955. The van der Waals surface area contributed by atoms with E-state index < -0.39 is 0 Å². The highest BCUT2D eigenvalue weighted by Crippen LogP contribution is 2.36. The maximum Gasteiger partial charge on any atom is 0.201 e. The molecule has 0 amide bonds. The zero-order valence-corrected chi connectivity index (χ0v) is 13.2. The van der Waals surface area contributed by atoms with E-state index in [0.29, 0.717) is 27.2 Å². The van der Waals surface area contributed by atoms with Gasteiger partial charge in [-0.1, -0.05) is 30.5 Å². The van der Waals surface area contributed by atoms with E-state index in [2.05, 4.69) is 6.58 Å². The molecule has 0 radical (unpaired) electrons. The lowest BCUT2D eigenvalue weighted by Gasteiger charge is -2.10. The standard InChI is InChI=1S/C18H14O4S/c1-10(2)23-18-16(11-3-5-12(19)6-4-11)17(21)14-8-7-13(20)9-15(14)22-18/h3-9,19-20H,1H2,2H3. The smallest absolute Gasteiger partial charge is 0.201 e. The molecule has 0 atom stereocenters. The molecule has 1 aromatic heterocycles. The quantitative estimate of drug-likeness (QED) is 0.694. The number of allylic oxidation sites excluding steroid dienone is 1. The second-order valence-corrected chi connectivity index (χ2v) is 6.40. The molecule has 2 aromatic carbocycles. The van der Waals surface area contributed by atoms with Gasteiger partial charge in [-0.15, -0.1) is 0 Å². The van der Waals surface area contributed by atoms with Gasteiger partial charge in [0.15, 0.2) is 5.09 Å². The summed E-state index contributed by atoms with van der Waals surface area (Å²) in [5, 5.41) is 19.8. The van der Waals surface area contributed by atoms with Crippen molar-refractivity contribution in [3.8, 4) is 22.6 Å². The van der Waals surface area contributed by atoms with E-state index in [1.165, 1.54) is 42.1 Å². The van der Waals surface area contributed by atoms with Crippen molar-refractivity contribution < 1.29 is 14.6 Å². The summed E-state index contributed by atoms with van der Waals surface area (Å²) in [5.74, 6) is 0.155. The Balaban J connectivity index is 2.35. The summed E-state index contributed by atoms with van der Waals surface area (Å²) in [5.41, 5.74) is 1.19. The molecule has 0 bridgehead atoms. The van der Waals surface area contributed by atoms with Crippen LogP contribution in [0, 0.1) is 0 Å². The predicted molar refractivity (Wildman–Crippen MR) is 91.9 cm³/mol. The van der Waals surface area contributed by atoms with E-state index in [9.17, 15) is 15.0 Å². The number of thioether (sulfide) groups is 1. The van der Waals surface area contributed by atoms with Crippen LogP contribution in [0.2, 0.25) is 0 Å². The van der Waals surface area contributed by atoms with E-state index >= 15 is 0 Å². The minimum absolute atomic E-state index is 0.0318. The molecule has 0 fully saturated rings. The van der Waals surface area contributed by atoms with E-state index in [4.69, 9.17) is 4.42 Å². The Morgan fingerprint density at radius 1 is 1.09 bits per heavy atom. The van der Waals surface area contributed by atoms with Gasteiger partial charge in [-0.3, -0.25) is 4.79 Å². The number of hydrogen-bond donors (Lipinski definition) is 2. The molecule has 0 aliphatic carbocycles. The highest BCUT2D eigenvalue weighted by molar-refractivity contribution is 8.03. The summed E-state index contributed by atoms with van der Waals surface area (Å²) in [6.45, 7) is 5.66. The van der Waals surface area contributed by atoms with Gasteiger partial charge in [0.05, 0.1) is 10.9 Å². The van der Waals surface area contributed by atoms with Crippen molar-refractivity contribution in [1.82, 2.24) is 0 Å². The molecule has 23 heavy (non-hydrogen) atoms. The van der Waals surface area contributed by atoms with Gasteiger partial charge in [-0.25, -0.2) is 0 Å². The van der Waals surface area contributed by atoms with Gasteiger partial charge in [-0.05, 0) is 41.7 Å². The molecule has 0 aliphatic heterocycles. The van der Waals surface area contributed by atoms with Gasteiger partial charge in [0.25, 0.3) is 0 Å². The van der Waals surface area contributed by atoms with Gasteiger partial charge < -0.3 is 14.6 Å². The van der Waals surface area contributed by atoms with Crippen molar-refractivity contribution in [3.63, 3.8) is 0 Å². The van der Waals surface area contributed by atoms with Crippen molar-refractivity contribution in [2.75, 3.05) is 0 Å². The largest absolute Gasteiger partial charge is 0.508 e. The molecule has 5 heteroatoms. The van der Waals surface area contributed by atoms with Gasteiger partial charge in [0, 0.05) is 6.07 Å². The third-order valence-corrected chi connectivity index (χ3v) is 4.09. The molecule has 0 saturated carbocycles. The first-order valence-corrected chi connectivity index (χ1v) is 7.70. The molecule has 0 unspecified atom stereocenters. The first-order chi connectivity index (χ1) is 11.0. The topological polar surface area (TPSA) is 70.7 Å². The SMILES string of the molecule is C=C(C)Sc1oc2cc(O)ccc2c(=O)c1-c1ccc(O)cc1. The van der Waals surface area contributed by atoms with Crippen molar-refractivity contribution in [2.24, 2.45) is 0 Å². The molecule has 2 N–H and O–H groups in total. The number of phenols is 2. The summed E-state index contributed by atoms with van der Waals surface area (Å²) in [4.78, 5) is 13.7. The van der Waals surface area contributed by atoms with Crippen LogP contribution in [0.5, 0.6) is 11.5 Å². The van der Waals surface area contributed by atoms with E-state index in [1.807, 2.05) is 6.92 Å². The van der Waals surface area contributed by atoms with Crippen LogP contribution in [-0.2, 0) is 0 Å². The highest BCUT2D eigenvalue weighted by Gasteiger charge is 2.17. The highest BCUT2D eigenvalue weighted by atomic mass is 32.2. The van der Waals surface area contributed by atoms with Crippen LogP contribution < -0.4 is 5.43 Å². The maximum absolute atomic E-state index is 12.9. The van der Waals surface area contributed by atoms with Gasteiger partial charge in [0.1, 0.15) is 17.1 Å². The molecular formula is C18H14O4S. The zero-order valence-electron chi connectivity index (χ0n) is 12.4. The van der Waals surface area contributed by atoms with Crippen molar-refractivity contribution in [3.05, 3.63) is 64.2 Å². The molecule has 1 heterocycles. The van der Waals surface area contributed by atoms with Crippen molar-refractivity contribution in [1.29, 1.82) is 0 Å². The van der Waals surface area contributed by atoms with Gasteiger partial charge in [0.2, 0.25) is 5.43 Å². The lowest BCUT2D eigenvalue weighted by atomic mass is 10.1. The van der Waals surface area contributed by atoms with Crippen LogP contribution in [0.3, 0.4) is 0 Å². The molecule has 0 saturated heterocycles. The number of benzene rings is 2. The second-order valence-electron chi connectivity index (χ2n) is 5.13. The van der Waals surface area contributed by atoms with Crippen molar-refractivity contribution >= 4 is 22.7 Å². The van der Waals surface area contributed by atoms with Gasteiger partial charge in [-0.2, -0.15) is 0 Å². The Hall–Kier alpha value is -2.66. The fourth-order valence-corrected chi connectivity index (χ4v) is 3.03. The number of hydrogen-bond acceptors (Lipinski definition) is 5. The monoisotopic (exact) mass is 326 g/mol. The lowest BCUT2D eigenvalue weighted by Crippen LogP contribution is -2.06. The zero-order chi connectivity index (χ0) is 16.6. The normalized spacial score (nSPS) is 10.8. The summed E-state index contributed by atoms with van der Waals surface area (Å²) in [6, 6.07) is 10.8. The first-order valence-electron chi connectivity index (χ1n) is 6.88. The average Bonchev–Trinajstić information content (AvgIpc) is 2.48. The number of fused-ring (bicyclic) bond motifs is 1. The molecule has 0 aliphatic rings. The molecular weight excluding hydrogens is 312 g/mol. The summed E-state index contributed by atoms with van der Waals surface area (Å²) < 4.78 is 5.83. The predicted octanol–water partition coefficient (Wildman–Crippen LogP) is 4.50. The Morgan fingerprint density at radius 3 is 2.39 bits per heavy atom. The Labute approximate surface area is 136 Å². The summed E-state index contributed by atoms with van der Waals surface area (Å²) >= 11 is 1.25. The van der Waals surface area contributed by atoms with E-state index in [0.717, 1.165) is 4.91 Å². The van der Waals surface area contributed by atoms with Crippen LogP contribution in [0.1, 0.15) is 6.92 Å². The fourth-order valence-electron chi connectivity index (χ4n) is 2.27. The lowest BCUT2D eigenvalue weighted by molar-refractivity contribution is 0.468. The Kier molecular flexibility index (Phi) is 3.88. The maximum atomic E-state index is 12.9. The number of aromatic hydroxyl groups is 2.